The molecular weight excluding hydrogens is 316 g/mol. The van der Waals surface area contributed by atoms with Gasteiger partial charge in [0.15, 0.2) is 11.6 Å². The quantitative estimate of drug-likeness (QED) is 0.741. The Morgan fingerprint density at radius 3 is 2.60 bits per heavy atom. The van der Waals surface area contributed by atoms with Gasteiger partial charge in [0, 0.05) is 18.5 Å². The van der Waals surface area contributed by atoms with Crippen LogP contribution in [0.3, 0.4) is 0 Å². The second-order valence-corrected chi connectivity index (χ2v) is 6.46. The standard InChI is InChI=1S/C19H16N4O2/c24-13-10-16-18-21-20-17(12-6-2-1-3-7-12)23(18)15-9-5-4-8-14(15)19(25)22(16)11-13/h1-9,13,16,24H,10-11H2/t13-,16+/m1/s1. The van der Waals surface area contributed by atoms with Crippen molar-refractivity contribution in [2.24, 2.45) is 0 Å². The Morgan fingerprint density at radius 1 is 1.00 bits per heavy atom. The van der Waals surface area contributed by atoms with Crippen molar-refractivity contribution in [3.63, 3.8) is 0 Å². The molecule has 2 atom stereocenters. The molecule has 1 aromatic heterocycles. The lowest BCUT2D eigenvalue weighted by Crippen LogP contribution is -2.31. The number of carbonyl (C=O) groups is 1. The van der Waals surface area contributed by atoms with Crippen molar-refractivity contribution in [3.8, 4) is 17.1 Å². The largest absolute Gasteiger partial charge is 0.391 e. The van der Waals surface area contributed by atoms with Crippen LogP contribution < -0.4 is 0 Å². The fraction of sp³-hybridized carbons (Fsp3) is 0.211. The SMILES string of the molecule is O=C1c2ccccc2-n2c(-c3ccccc3)nnc2[C@@H]2C[C@@H](O)CN12. The van der Waals surface area contributed by atoms with Crippen LogP contribution >= 0.6 is 0 Å². The number of hydrogen-bond acceptors (Lipinski definition) is 4. The predicted octanol–water partition coefficient (Wildman–Crippen LogP) is 2.20. The second kappa shape index (κ2) is 5.26. The molecule has 2 aromatic carbocycles. The van der Waals surface area contributed by atoms with E-state index in [9.17, 15) is 9.90 Å². The van der Waals surface area contributed by atoms with Crippen molar-refractivity contribution in [3.05, 3.63) is 66.0 Å². The van der Waals surface area contributed by atoms with E-state index in [1.165, 1.54) is 0 Å². The highest BCUT2D eigenvalue weighted by atomic mass is 16.3. The molecule has 0 unspecified atom stereocenters. The molecule has 5 rings (SSSR count). The number of rotatable bonds is 1. The van der Waals surface area contributed by atoms with Gasteiger partial charge in [-0.3, -0.25) is 9.36 Å². The van der Waals surface area contributed by atoms with E-state index in [2.05, 4.69) is 10.2 Å². The lowest BCUT2D eigenvalue weighted by atomic mass is 10.1. The van der Waals surface area contributed by atoms with E-state index < -0.39 is 6.10 Å². The molecule has 1 amide bonds. The minimum Gasteiger partial charge on any atom is -0.391 e. The number of aliphatic hydroxyl groups is 1. The summed E-state index contributed by atoms with van der Waals surface area (Å²) in [5, 5.41) is 18.9. The van der Waals surface area contributed by atoms with Gasteiger partial charge in [0.2, 0.25) is 0 Å². The maximum Gasteiger partial charge on any atom is 0.256 e. The molecule has 3 aromatic rings. The van der Waals surface area contributed by atoms with E-state index in [1.807, 2.05) is 59.2 Å². The normalized spacial score (nSPS) is 21.5. The third kappa shape index (κ3) is 2.04. The summed E-state index contributed by atoms with van der Waals surface area (Å²) >= 11 is 0. The first-order valence-electron chi connectivity index (χ1n) is 8.33. The van der Waals surface area contributed by atoms with Gasteiger partial charge in [-0.05, 0) is 12.1 Å². The van der Waals surface area contributed by atoms with Crippen molar-refractivity contribution in [1.82, 2.24) is 19.7 Å². The minimum absolute atomic E-state index is 0.0679. The van der Waals surface area contributed by atoms with Gasteiger partial charge in [-0.1, -0.05) is 42.5 Å². The van der Waals surface area contributed by atoms with E-state index in [-0.39, 0.29) is 11.9 Å². The smallest absolute Gasteiger partial charge is 0.256 e. The molecule has 0 radical (unpaired) electrons. The van der Waals surface area contributed by atoms with Gasteiger partial charge < -0.3 is 10.0 Å². The maximum absolute atomic E-state index is 13.0. The Hall–Kier alpha value is -2.99. The second-order valence-electron chi connectivity index (χ2n) is 6.46. The maximum atomic E-state index is 13.0. The van der Waals surface area contributed by atoms with E-state index in [0.717, 1.165) is 11.3 Å². The summed E-state index contributed by atoms with van der Waals surface area (Å²) in [5.41, 5.74) is 2.34. The van der Waals surface area contributed by atoms with Gasteiger partial charge in [-0.2, -0.15) is 0 Å². The van der Waals surface area contributed by atoms with E-state index in [4.69, 9.17) is 0 Å². The molecule has 0 bridgehead atoms. The van der Waals surface area contributed by atoms with Crippen LogP contribution in [0, 0.1) is 0 Å². The highest BCUT2D eigenvalue weighted by molar-refractivity contribution is 5.99. The van der Waals surface area contributed by atoms with Crippen molar-refractivity contribution in [1.29, 1.82) is 0 Å². The molecule has 0 saturated carbocycles. The first kappa shape index (κ1) is 14.4. The predicted molar refractivity (Wildman–Crippen MR) is 91.2 cm³/mol. The number of hydrogen-bond donors (Lipinski definition) is 1. The first-order valence-corrected chi connectivity index (χ1v) is 8.33. The molecule has 1 saturated heterocycles. The van der Waals surface area contributed by atoms with Crippen LogP contribution in [0.5, 0.6) is 0 Å². The first-order chi connectivity index (χ1) is 12.2. The number of nitrogens with zero attached hydrogens (tertiary/aromatic N) is 4. The molecule has 6 nitrogen and oxygen atoms in total. The number of benzene rings is 2. The minimum atomic E-state index is -0.537. The molecule has 1 fully saturated rings. The molecule has 25 heavy (non-hydrogen) atoms. The molecule has 3 heterocycles. The Kier molecular flexibility index (Phi) is 3.02. The molecule has 124 valence electrons. The van der Waals surface area contributed by atoms with Crippen LogP contribution in [0.25, 0.3) is 17.1 Å². The zero-order valence-corrected chi connectivity index (χ0v) is 13.4. The Morgan fingerprint density at radius 2 is 1.76 bits per heavy atom. The van der Waals surface area contributed by atoms with Crippen LogP contribution in [-0.4, -0.2) is 43.3 Å². The zero-order chi connectivity index (χ0) is 17.0. The van der Waals surface area contributed by atoms with Crippen LogP contribution in [0.15, 0.2) is 54.6 Å². The fourth-order valence-electron chi connectivity index (χ4n) is 3.81. The van der Waals surface area contributed by atoms with Gasteiger partial charge in [0.25, 0.3) is 5.91 Å². The number of fused-ring (bicyclic) bond motifs is 5. The van der Waals surface area contributed by atoms with Crippen LogP contribution in [0.2, 0.25) is 0 Å². The Bertz CT molecular complexity index is 967. The molecule has 2 aliphatic heterocycles. The number of aliphatic hydroxyl groups excluding tert-OH is 1. The number of para-hydroxylation sites is 1. The highest BCUT2D eigenvalue weighted by Crippen LogP contribution is 2.39. The van der Waals surface area contributed by atoms with Gasteiger partial charge in [0.05, 0.1) is 23.4 Å². The number of amides is 1. The fourth-order valence-corrected chi connectivity index (χ4v) is 3.81. The van der Waals surface area contributed by atoms with Crippen molar-refractivity contribution >= 4 is 5.91 Å². The number of carbonyl (C=O) groups excluding carboxylic acids is 1. The Balaban J connectivity index is 1.81. The topological polar surface area (TPSA) is 71.2 Å². The molecule has 1 N–H and O–H groups in total. The average Bonchev–Trinajstić information content (AvgIpc) is 3.23. The molecule has 2 aliphatic rings. The van der Waals surface area contributed by atoms with Gasteiger partial charge in [-0.15, -0.1) is 10.2 Å². The highest BCUT2D eigenvalue weighted by Gasteiger charge is 2.42. The summed E-state index contributed by atoms with van der Waals surface area (Å²) in [6, 6.07) is 17.1. The third-order valence-electron chi connectivity index (χ3n) is 4.93. The Labute approximate surface area is 144 Å². The summed E-state index contributed by atoms with van der Waals surface area (Å²) in [4.78, 5) is 14.7. The van der Waals surface area contributed by atoms with Gasteiger partial charge in [0.1, 0.15) is 0 Å². The summed E-state index contributed by atoms with van der Waals surface area (Å²) in [7, 11) is 0. The van der Waals surface area contributed by atoms with Crippen LogP contribution in [0.1, 0.15) is 28.6 Å². The van der Waals surface area contributed by atoms with E-state index >= 15 is 0 Å². The van der Waals surface area contributed by atoms with Gasteiger partial charge >= 0.3 is 0 Å². The van der Waals surface area contributed by atoms with Gasteiger partial charge in [-0.25, -0.2) is 0 Å². The molecule has 0 aliphatic carbocycles. The lowest BCUT2D eigenvalue weighted by molar-refractivity contribution is 0.0716. The van der Waals surface area contributed by atoms with E-state index in [0.29, 0.717) is 30.2 Å². The summed E-state index contributed by atoms with van der Waals surface area (Å²) in [6.45, 7) is 0.325. The summed E-state index contributed by atoms with van der Waals surface area (Å²) in [6.07, 6.45) is -0.0586. The van der Waals surface area contributed by atoms with Crippen LogP contribution in [-0.2, 0) is 0 Å². The molecule has 6 heteroatoms. The van der Waals surface area contributed by atoms with Crippen molar-refractivity contribution in [2.45, 2.75) is 18.6 Å². The lowest BCUT2D eigenvalue weighted by Gasteiger charge is -2.20. The molecular formula is C19H16N4O2. The average molecular weight is 332 g/mol. The summed E-state index contributed by atoms with van der Waals surface area (Å²) in [5.74, 6) is 1.34. The number of aromatic nitrogens is 3. The van der Waals surface area contributed by atoms with Crippen LogP contribution in [0.4, 0.5) is 0 Å². The summed E-state index contributed by atoms with van der Waals surface area (Å²) < 4.78 is 1.96. The van der Waals surface area contributed by atoms with Crippen molar-refractivity contribution in [2.75, 3.05) is 6.54 Å². The van der Waals surface area contributed by atoms with Crippen molar-refractivity contribution < 1.29 is 9.90 Å². The monoisotopic (exact) mass is 332 g/mol. The third-order valence-corrected chi connectivity index (χ3v) is 4.93. The molecule has 0 spiro atoms. The zero-order valence-electron chi connectivity index (χ0n) is 13.4. The van der Waals surface area contributed by atoms with E-state index in [1.54, 1.807) is 4.90 Å².